The number of piperidine rings is 1. The molecule has 1 aliphatic heterocycles. The Hall–Kier alpha value is -1.39. The van der Waals surface area contributed by atoms with E-state index in [4.69, 9.17) is 11.5 Å². The minimum atomic E-state index is -0.368. The van der Waals surface area contributed by atoms with E-state index >= 15 is 0 Å². The number of primary amides is 1. The highest BCUT2D eigenvalue weighted by atomic mass is 16.1. The average Bonchev–Trinajstić information content (AvgIpc) is 2.40. The molecule has 4 nitrogen and oxygen atoms in total. The Bertz CT molecular complexity index is 414. The summed E-state index contributed by atoms with van der Waals surface area (Å²) in [5.74, 6) is 0.371. The number of rotatable bonds is 5. The monoisotopic (exact) mass is 261 g/mol. The summed E-state index contributed by atoms with van der Waals surface area (Å²) < 4.78 is 0. The van der Waals surface area contributed by atoms with Crippen LogP contribution in [0.3, 0.4) is 0 Å². The molecule has 0 aliphatic carbocycles. The molecule has 1 aliphatic rings. The quantitative estimate of drug-likeness (QED) is 0.840. The van der Waals surface area contributed by atoms with Crippen LogP contribution in [0.5, 0.6) is 0 Å². The molecule has 104 valence electrons. The van der Waals surface area contributed by atoms with Gasteiger partial charge in [0.05, 0.1) is 0 Å². The van der Waals surface area contributed by atoms with Crippen molar-refractivity contribution in [1.29, 1.82) is 0 Å². The first-order chi connectivity index (χ1) is 9.19. The summed E-state index contributed by atoms with van der Waals surface area (Å²) in [6.07, 6.45) is 3.68. The third-order valence-electron chi connectivity index (χ3n) is 3.82. The van der Waals surface area contributed by atoms with Crippen molar-refractivity contribution in [3.8, 4) is 0 Å². The molecule has 4 N–H and O–H groups in total. The van der Waals surface area contributed by atoms with Crippen LogP contribution < -0.4 is 11.5 Å². The van der Waals surface area contributed by atoms with Crippen LogP contribution in [-0.2, 0) is 6.54 Å². The van der Waals surface area contributed by atoms with Crippen molar-refractivity contribution >= 4 is 5.91 Å². The number of hydrogen-bond acceptors (Lipinski definition) is 3. The van der Waals surface area contributed by atoms with Gasteiger partial charge in [0.25, 0.3) is 0 Å². The van der Waals surface area contributed by atoms with E-state index in [2.05, 4.69) is 4.90 Å². The Labute approximate surface area is 114 Å². The van der Waals surface area contributed by atoms with Crippen LogP contribution in [0.15, 0.2) is 24.3 Å². The summed E-state index contributed by atoms with van der Waals surface area (Å²) in [6.45, 7) is 4.01. The summed E-state index contributed by atoms with van der Waals surface area (Å²) in [7, 11) is 0. The topological polar surface area (TPSA) is 72.3 Å². The van der Waals surface area contributed by atoms with Crippen LogP contribution in [0.2, 0.25) is 0 Å². The lowest BCUT2D eigenvalue weighted by Gasteiger charge is -2.32. The van der Waals surface area contributed by atoms with Gasteiger partial charge in [0.1, 0.15) is 0 Å². The minimum absolute atomic E-state index is 0.368. The van der Waals surface area contributed by atoms with Crippen molar-refractivity contribution < 1.29 is 4.79 Å². The molecular weight excluding hydrogens is 238 g/mol. The fraction of sp³-hybridized carbons (Fsp3) is 0.533. The molecule has 0 bridgehead atoms. The Morgan fingerprint density at radius 2 is 2.05 bits per heavy atom. The van der Waals surface area contributed by atoms with E-state index in [1.54, 1.807) is 12.1 Å². The zero-order valence-corrected chi connectivity index (χ0v) is 11.3. The van der Waals surface area contributed by atoms with Crippen molar-refractivity contribution in [2.45, 2.75) is 25.8 Å². The summed E-state index contributed by atoms with van der Waals surface area (Å²) >= 11 is 0. The third-order valence-corrected chi connectivity index (χ3v) is 3.82. The van der Waals surface area contributed by atoms with Gasteiger partial charge in [0.2, 0.25) is 5.91 Å². The molecular formula is C15H23N3O. The number of carbonyl (C=O) groups excluding carboxylic acids is 1. The standard InChI is InChI=1S/C15H23N3O/c16-8-7-12-2-1-9-18(10-12)11-13-3-5-14(6-4-13)15(17)19/h3-6,12H,1-2,7-11,16H2,(H2,17,19). The molecule has 2 rings (SSSR count). The highest BCUT2D eigenvalue weighted by Gasteiger charge is 2.19. The van der Waals surface area contributed by atoms with E-state index in [-0.39, 0.29) is 5.91 Å². The molecule has 1 fully saturated rings. The van der Waals surface area contributed by atoms with Gasteiger partial charge in [0, 0.05) is 18.7 Å². The third kappa shape index (κ3) is 4.04. The Balaban J connectivity index is 1.91. The van der Waals surface area contributed by atoms with E-state index < -0.39 is 0 Å². The normalized spacial score (nSPS) is 20.4. The lowest BCUT2D eigenvalue weighted by molar-refractivity contribution is 0.100. The van der Waals surface area contributed by atoms with Crippen LogP contribution in [0.4, 0.5) is 0 Å². The number of nitrogens with zero attached hydrogens (tertiary/aromatic N) is 1. The second kappa shape index (κ2) is 6.68. The van der Waals surface area contributed by atoms with Gasteiger partial charge in [-0.15, -0.1) is 0 Å². The number of amides is 1. The van der Waals surface area contributed by atoms with Gasteiger partial charge in [-0.25, -0.2) is 0 Å². The molecule has 0 spiro atoms. The molecule has 0 aromatic heterocycles. The number of nitrogens with two attached hydrogens (primary N) is 2. The number of benzene rings is 1. The van der Waals surface area contributed by atoms with Crippen molar-refractivity contribution in [3.63, 3.8) is 0 Å². The van der Waals surface area contributed by atoms with Gasteiger partial charge in [-0.2, -0.15) is 0 Å². The summed E-state index contributed by atoms with van der Waals surface area (Å²) in [6, 6.07) is 7.59. The summed E-state index contributed by atoms with van der Waals surface area (Å²) in [5.41, 5.74) is 12.7. The molecule has 1 heterocycles. The SMILES string of the molecule is NCCC1CCCN(Cc2ccc(C(N)=O)cc2)C1. The summed E-state index contributed by atoms with van der Waals surface area (Å²) in [5, 5.41) is 0. The molecule has 19 heavy (non-hydrogen) atoms. The predicted molar refractivity (Wildman–Crippen MR) is 76.6 cm³/mol. The number of carbonyl (C=O) groups is 1. The molecule has 1 saturated heterocycles. The lowest BCUT2D eigenvalue weighted by Crippen LogP contribution is -2.35. The van der Waals surface area contributed by atoms with Crippen molar-refractivity contribution in [3.05, 3.63) is 35.4 Å². The van der Waals surface area contributed by atoms with E-state index in [1.807, 2.05) is 12.1 Å². The Morgan fingerprint density at radius 1 is 1.32 bits per heavy atom. The molecule has 1 aromatic carbocycles. The summed E-state index contributed by atoms with van der Waals surface area (Å²) in [4.78, 5) is 13.5. The van der Waals surface area contributed by atoms with Gasteiger partial charge >= 0.3 is 0 Å². The Morgan fingerprint density at radius 3 is 2.68 bits per heavy atom. The van der Waals surface area contributed by atoms with Gasteiger partial charge in [-0.3, -0.25) is 9.69 Å². The van der Waals surface area contributed by atoms with Crippen LogP contribution in [-0.4, -0.2) is 30.4 Å². The van der Waals surface area contributed by atoms with E-state index in [9.17, 15) is 4.79 Å². The first kappa shape index (κ1) is 14.0. The average molecular weight is 261 g/mol. The number of hydrogen-bond donors (Lipinski definition) is 2. The van der Waals surface area contributed by atoms with Crippen LogP contribution in [0.1, 0.15) is 35.2 Å². The Kier molecular flexibility index (Phi) is 4.93. The van der Waals surface area contributed by atoms with Crippen molar-refractivity contribution in [1.82, 2.24) is 4.90 Å². The van der Waals surface area contributed by atoms with Gasteiger partial charge < -0.3 is 11.5 Å². The smallest absolute Gasteiger partial charge is 0.248 e. The molecule has 1 atom stereocenters. The highest BCUT2D eigenvalue weighted by molar-refractivity contribution is 5.92. The molecule has 1 amide bonds. The predicted octanol–water partition coefficient (Wildman–Crippen LogP) is 1.35. The van der Waals surface area contributed by atoms with E-state index in [1.165, 1.54) is 18.4 Å². The van der Waals surface area contributed by atoms with Crippen LogP contribution >= 0.6 is 0 Å². The molecule has 0 saturated carbocycles. The molecule has 4 heteroatoms. The lowest BCUT2D eigenvalue weighted by atomic mass is 9.94. The van der Waals surface area contributed by atoms with E-state index in [0.29, 0.717) is 5.56 Å². The highest BCUT2D eigenvalue weighted by Crippen LogP contribution is 2.20. The maximum absolute atomic E-state index is 11.0. The maximum Gasteiger partial charge on any atom is 0.248 e. The van der Waals surface area contributed by atoms with E-state index in [0.717, 1.165) is 38.5 Å². The van der Waals surface area contributed by atoms with Gasteiger partial charge in [-0.1, -0.05) is 12.1 Å². The second-order valence-electron chi connectivity index (χ2n) is 5.38. The zero-order chi connectivity index (χ0) is 13.7. The minimum Gasteiger partial charge on any atom is -0.366 e. The fourth-order valence-corrected chi connectivity index (χ4v) is 2.80. The largest absolute Gasteiger partial charge is 0.366 e. The van der Waals surface area contributed by atoms with Crippen molar-refractivity contribution in [2.24, 2.45) is 17.4 Å². The second-order valence-corrected chi connectivity index (χ2v) is 5.38. The molecule has 1 unspecified atom stereocenters. The first-order valence-corrected chi connectivity index (χ1v) is 7.00. The zero-order valence-electron chi connectivity index (χ0n) is 11.3. The van der Waals surface area contributed by atoms with Crippen LogP contribution in [0.25, 0.3) is 0 Å². The fourth-order valence-electron chi connectivity index (χ4n) is 2.80. The van der Waals surface area contributed by atoms with Crippen LogP contribution in [0, 0.1) is 5.92 Å². The van der Waals surface area contributed by atoms with Gasteiger partial charge in [0.15, 0.2) is 0 Å². The maximum atomic E-state index is 11.0. The van der Waals surface area contributed by atoms with Crippen molar-refractivity contribution in [2.75, 3.05) is 19.6 Å². The number of likely N-dealkylation sites (tertiary alicyclic amines) is 1. The van der Waals surface area contributed by atoms with Gasteiger partial charge in [-0.05, 0) is 56.0 Å². The first-order valence-electron chi connectivity index (χ1n) is 7.00. The molecule has 0 radical (unpaired) electrons. The molecule has 1 aromatic rings.